The normalized spacial score (nSPS) is 10.2. The molecule has 0 bridgehead atoms. The van der Waals surface area contributed by atoms with Crippen LogP contribution in [0.15, 0.2) is 47.4 Å². The smallest absolute Gasteiger partial charge is 0.335 e. The Hall–Kier alpha value is -2.14. The highest BCUT2D eigenvalue weighted by Gasteiger charge is 2.08. The Morgan fingerprint density at radius 3 is 2.63 bits per heavy atom. The van der Waals surface area contributed by atoms with Crippen LogP contribution < -0.4 is 11.1 Å². The third-order valence-electron chi connectivity index (χ3n) is 2.68. The molecule has 0 amide bonds. The fraction of sp³-hybridized carbons (Fsp3) is 0.0714. The SMILES string of the molecule is CSc1ccccc1Nc1cc(C(=O)O)ccc1N. The van der Waals surface area contributed by atoms with Gasteiger partial charge < -0.3 is 16.2 Å². The Labute approximate surface area is 115 Å². The lowest BCUT2D eigenvalue weighted by Gasteiger charge is -2.13. The maximum atomic E-state index is 11.0. The van der Waals surface area contributed by atoms with Crippen LogP contribution in [-0.2, 0) is 0 Å². The highest BCUT2D eigenvalue weighted by molar-refractivity contribution is 7.98. The van der Waals surface area contributed by atoms with Gasteiger partial charge in [-0.15, -0.1) is 11.8 Å². The van der Waals surface area contributed by atoms with Gasteiger partial charge in [-0.05, 0) is 36.6 Å². The number of hydrogen-bond donors (Lipinski definition) is 3. The maximum Gasteiger partial charge on any atom is 0.335 e. The molecule has 0 saturated carbocycles. The number of aromatic carboxylic acids is 1. The van der Waals surface area contributed by atoms with Crippen molar-refractivity contribution in [1.82, 2.24) is 0 Å². The highest BCUT2D eigenvalue weighted by atomic mass is 32.2. The summed E-state index contributed by atoms with van der Waals surface area (Å²) in [5.41, 5.74) is 8.09. The van der Waals surface area contributed by atoms with Crippen LogP contribution in [-0.4, -0.2) is 17.3 Å². The summed E-state index contributed by atoms with van der Waals surface area (Å²) >= 11 is 1.61. The minimum atomic E-state index is -0.971. The molecule has 0 aromatic heterocycles. The van der Waals surface area contributed by atoms with Crippen molar-refractivity contribution in [1.29, 1.82) is 0 Å². The van der Waals surface area contributed by atoms with Crippen molar-refractivity contribution in [3.8, 4) is 0 Å². The summed E-state index contributed by atoms with van der Waals surface area (Å²) in [7, 11) is 0. The molecule has 2 rings (SSSR count). The van der Waals surface area contributed by atoms with Gasteiger partial charge in [-0.2, -0.15) is 0 Å². The average molecular weight is 274 g/mol. The minimum absolute atomic E-state index is 0.207. The molecular weight excluding hydrogens is 260 g/mol. The Kier molecular flexibility index (Phi) is 3.97. The number of rotatable bonds is 4. The van der Waals surface area contributed by atoms with Gasteiger partial charge in [0.25, 0.3) is 0 Å². The van der Waals surface area contributed by atoms with E-state index in [1.54, 1.807) is 17.8 Å². The van der Waals surface area contributed by atoms with E-state index in [9.17, 15) is 4.79 Å². The molecule has 0 radical (unpaired) electrons. The first kappa shape index (κ1) is 13.3. The van der Waals surface area contributed by atoms with E-state index in [-0.39, 0.29) is 5.56 Å². The molecule has 2 aromatic carbocycles. The van der Waals surface area contributed by atoms with Gasteiger partial charge in [0.1, 0.15) is 0 Å². The van der Waals surface area contributed by atoms with Crippen molar-refractivity contribution in [3.05, 3.63) is 48.0 Å². The lowest BCUT2D eigenvalue weighted by atomic mass is 10.1. The molecule has 0 spiro atoms. The van der Waals surface area contributed by atoms with Gasteiger partial charge >= 0.3 is 5.97 Å². The summed E-state index contributed by atoms with van der Waals surface area (Å²) < 4.78 is 0. The van der Waals surface area contributed by atoms with E-state index in [0.717, 1.165) is 10.6 Å². The molecule has 0 aliphatic carbocycles. The predicted octanol–water partition coefficient (Wildman–Crippen LogP) is 3.43. The number of nitrogens with two attached hydrogens (primary N) is 1. The summed E-state index contributed by atoms with van der Waals surface area (Å²) in [5.74, 6) is -0.971. The zero-order valence-corrected chi connectivity index (χ0v) is 11.2. The van der Waals surface area contributed by atoms with Crippen LogP contribution in [0.2, 0.25) is 0 Å². The van der Waals surface area contributed by atoms with Gasteiger partial charge in [-0.25, -0.2) is 4.79 Å². The van der Waals surface area contributed by atoms with Gasteiger partial charge in [0.15, 0.2) is 0 Å². The predicted molar refractivity (Wildman–Crippen MR) is 79.3 cm³/mol. The molecule has 5 heteroatoms. The van der Waals surface area contributed by atoms with E-state index >= 15 is 0 Å². The second-order valence-electron chi connectivity index (χ2n) is 3.93. The van der Waals surface area contributed by atoms with Crippen molar-refractivity contribution >= 4 is 34.8 Å². The zero-order valence-electron chi connectivity index (χ0n) is 10.4. The molecule has 2 aromatic rings. The zero-order chi connectivity index (χ0) is 13.8. The Morgan fingerprint density at radius 2 is 1.95 bits per heavy atom. The van der Waals surface area contributed by atoms with Crippen molar-refractivity contribution in [2.45, 2.75) is 4.90 Å². The van der Waals surface area contributed by atoms with Crippen LogP contribution in [0, 0.1) is 0 Å². The number of anilines is 3. The molecule has 0 aliphatic heterocycles. The summed E-state index contributed by atoms with van der Waals surface area (Å²) in [6, 6.07) is 12.4. The number of nitrogen functional groups attached to an aromatic ring is 1. The van der Waals surface area contributed by atoms with E-state index in [4.69, 9.17) is 10.8 Å². The maximum absolute atomic E-state index is 11.0. The fourth-order valence-corrected chi connectivity index (χ4v) is 2.24. The number of carboxylic acids is 1. The second-order valence-corrected chi connectivity index (χ2v) is 4.78. The van der Waals surface area contributed by atoms with Gasteiger partial charge in [-0.1, -0.05) is 12.1 Å². The summed E-state index contributed by atoms with van der Waals surface area (Å²) in [4.78, 5) is 12.0. The molecule has 0 fully saturated rings. The molecule has 0 atom stereocenters. The number of thioether (sulfide) groups is 1. The first-order chi connectivity index (χ1) is 9.11. The summed E-state index contributed by atoms with van der Waals surface area (Å²) in [5, 5.41) is 12.2. The van der Waals surface area contributed by atoms with Crippen molar-refractivity contribution in [3.63, 3.8) is 0 Å². The molecule has 19 heavy (non-hydrogen) atoms. The first-order valence-electron chi connectivity index (χ1n) is 5.64. The average Bonchev–Trinajstić information content (AvgIpc) is 2.41. The molecule has 4 N–H and O–H groups in total. The van der Waals surface area contributed by atoms with Crippen molar-refractivity contribution in [2.24, 2.45) is 0 Å². The molecule has 4 nitrogen and oxygen atoms in total. The van der Waals surface area contributed by atoms with Crippen LogP contribution in [0.3, 0.4) is 0 Å². The number of benzene rings is 2. The molecule has 0 unspecified atom stereocenters. The third-order valence-corrected chi connectivity index (χ3v) is 3.47. The Balaban J connectivity index is 2.37. The minimum Gasteiger partial charge on any atom is -0.478 e. The topological polar surface area (TPSA) is 75.3 Å². The molecular formula is C14H14N2O2S. The molecule has 0 saturated heterocycles. The first-order valence-corrected chi connectivity index (χ1v) is 6.87. The number of nitrogens with one attached hydrogen (secondary N) is 1. The van der Waals surface area contributed by atoms with E-state index in [2.05, 4.69) is 5.32 Å². The number of para-hydroxylation sites is 1. The van der Waals surface area contributed by atoms with Crippen LogP contribution in [0.4, 0.5) is 17.1 Å². The van der Waals surface area contributed by atoms with Crippen LogP contribution in [0.1, 0.15) is 10.4 Å². The lowest BCUT2D eigenvalue weighted by molar-refractivity contribution is 0.0697. The molecule has 0 aliphatic rings. The largest absolute Gasteiger partial charge is 0.478 e. The van der Waals surface area contributed by atoms with Gasteiger partial charge in [0.2, 0.25) is 0 Å². The van der Waals surface area contributed by atoms with E-state index in [0.29, 0.717) is 11.4 Å². The van der Waals surface area contributed by atoms with Gasteiger partial charge in [-0.3, -0.25) is 0 Å². The summed E-state index contributed by atoms with van der Waals surface area (Å²) in [6.45, 7) is 0. The quantitative estimate of drug-likeness (QED) is 0.588. The number of carbonyl (C=O) groups is 1. The van der Waals surface area contributed by atoms with Crippen molar-refractivity contribution < 1.29 is 9.90 Å². The molecule has 98 valence electrons. The highest BCUT2D eigenvalue weighted by Crippen LogP contribution is 2.30. The monoisotopic (exact) mass is 274 g/mol. The Morgan fingerprint density at radius 1 is 1.21 bits per heavy atom. The van der Waals surface area contributed by atoms with E-state index in [1.165, 1.54) is 12.1 Å². The lowest BCUT2D eigenvalue weighted by Crippen LogP contribution is -2.02. The summed E-state index contributed by atoms with van der Waals surface area (Å²) in [6.07, 6.45) is 1.98. The van der Waals surface area contributed by atoms with Crippen molar-refractivity contribution in [2.75, 3.05) is 17.3 Å². The van der Waals surface area contributed by atoms with E-state index in [1.807, 2.05) is 30.5 Å². The third kappa shape index (κ3) is 3.00. The Bertz CT molecular complexity index is 614. The van der Waals surface area contributed by atoms with E-state index < -0.39 is 5.97 Å². The van der Waals surface area contributed by atoms with Crippen LogP contribution in [0.5, 0.6) is 0 Å². The standard InChI is InChI=1S/C14H14N2O2S/c1-19-13-5-3-2-4-11(13)16-12-8-9(14(17)18)6-7-10(12)15/h2-8,16H,15H2,1H3,(H,17,18). The second kappa shape index (κ2) is 5.67. The number of carboxylic acid groups (broad SMARTS) is 1. The fourth-order valence-electron chi connectivity index (χ4n) is 1.69. The van der Waals surface area contributed by atoms with Crippen LogP contribution >= 0.6 is 11.8 Å². The molecule has 0 heterocycles. The van der Waals surface area contributed by atoms with Gasteiger partial charge in [0, 0.05) is 4.90 Å². The van der Waals surface area contributed by atoms with Crippen LogP contribution in [0.25, 0.3) is 0 Å². The number of hydrogen-bond acceptors (Lipinski definition) is 4. The van der Waals surface area contributed by atoms with Gasteiger partial charge in [0.05, 0.1) is 22.6 Å².